The second-order valence-corrected chi connectivity index (χ2v) is 2.59. The van der Waals surface area contributed by atoms with E-state index in [1.165, 1.54) is 12.2 Å². The van der Waals surface area contributed by atoms with Crippen molar-refractivity contribution in [1.29, 1.82) is 0 Å². The van der Waals surface area contributed by atoms with Crippen LogP contribution in [0.3, 0.4) is 0 Å². The van der Waals surface area contributed by atoms with Gasteiger partial charge in [-0.3, -0.25) is 9.59 Å². The summed E-state index contributed by atoms with van der Waals surface area (Å²) >= 11 is 0. The molecule has 0 heterocycles. The van der Waals surface area contributed by atoms with E-state index in [0.29, 0.717) is 6.54 Å². The summed E-state index contributed by atoms with van der Waals surface area (Å²) < 4.78 is 35.1. The van der Waals surface area contributed by atoms with Crippen LogP contribution in [0.4, 0.5) is 13.2 Å². The van der Waals surface area contributed by atoms with Crippen LogP contribution < -0.4 is 10.6 Å². The molecule has 2 amide bonds. The van der Waals surface area contributed by atoms with Crippen LogP contribution in [0.5, 0.6) is 0 Å². The lowest BCUT2D eigenvalue weighted by molar-refractivity contribution is -0.174. The molecule has 0 aliphatic rings. The second-order valence-electron chi connectivity index (χ2n) is 2.59. The van der Waals surface area contributed by atoms with Crippen LogP contribution in [0, 0.1) is 0 Å². The predicted molar refractivity (Wildman–Crippen MR) is 42.3 cm³/mol. The van der Waals surface area contributed by atoms with Gasteiger partial charge in [-0.2, -0.15) is 13.2 Å². The molecule has 1 atom stereocenters. The molecule has 1 unspecified atom stereocenters. The summed E-state index contributed by atoms with van der Waals surface area (Å²) in [6, 6.07) is -1.19. The maximum atomic E-state index is 11.7. The summed E-state index contributed by atoms with van der Waals surface area (Å²) in [6.07, 6.45) is -4.96. The number of hydrogen-bond acceptors (Lipinski definition) is 2. The first-order valence-corrected chi connectivity index (χ1v) is 3.94. The van der Waals surface area contributed by atoms with Crippen molar-refractivity contribution in [3.63, 3.8) is 0 Å². The molecule has 14 heavy (non-hydrogen) atoms. The van der Waals surface area contributed by atoms with Gasteiger partial charge in [0.2, 0.25) is 5.91 Å². The molecule has 7 heteroatoms. The molecule has 0 rings (SSSR count). The van der Waals surface area contributed by atoms with Crippen LogP contribution in [-0.2, 0) is 9.59 Å². The summed E-state index contributed by atoms with van der Waals surface area (Å²) in [5.74, 6) is -2.76. The highest BCUT2D eigenvalue weighted by Crippen LogP contribution is 2.14. The van der Waals surface area contributed by atoms with Crippen molar-refractivity contribution in [2.75, 3.05) is 6.54 Å². The second kappa shape index (κ2) is 4.83. The first-order valence-electron chi connectivity index (χ1n) is 3.94. The van der Waals surface area contributed by atoms with Crippen molar-refractivity contribution in [1.82, 2.24) is 10.6 Å². The molecular formula is C7H11F3N2O2. The maximum Gasteiger partial charge on any atom is 0.471 e. The zero-order valence-electron chi connectivity index (χ0n) is 7.73. The van der Waals surface area contributed by atoms with Gasteiger partial charge in [0.05, 0.1) is 0 Å². The number of likely N-dealkylation sites (N-methyl/N-ethyl adjacent to an activating group) is 1. The minimum absolute atomic E-state index is 0.297. The van der Waals surface area contributed by atoms with Crippen molar-refractivity contribution in [2.45, 2.75) is 26.1 Å². The third kappa shape index (κ3) is 4.11. The number of hydrogen-bond donors (Lipinski definition) is 2. The molecule has 4 nitrogen and oxygen atoms in total. The van der Waals surface area contributed by atoms with Crippen LogP contribution in [-0.4, -0.2) is 30.6 Å². The minimum atomic E-state index is -4.96. The normalized spacial score (nSPS) is 13.2. The Labute approximate surface area is 78.8 Å². The Morgan fingerprint density at radius 3 is 2.21 bits per heavy atom. The zero-order valence-corrected chi connectivity index (χ0v) is 7.73. The minimum Gasteiger partial charge on any atom is -0.355 e. The first-order chi connectivity index (χ1) is 6.29. The van der Waals surface area contributed by atoms with E-state index in [1.54, 1.807) is 6.92 Å². The fourth-order valence-electron chi connectivity index (χ4n) is 0.671. The molecule has 0 aliphatic carbocycles. The molecule has 82 valence electrons. The molecule has 0 fully saturated rings. The number of carbonyl (C=O) groups excluding carboxylic acids is 2. The number of alkyl halides is 3. The van der Waals surface area contributed by atoms with Crippen LogP contribution in [0.25, 0.3) is 0 Å². The van der Waals surface area contributed by atoms with Crippen molar-refractivity contribution < 1.29 is 22.8 Å². The Balaban J connectivity index is 4.13. The summed E-state index contributed by atoms with van der Waals surface area (Å²) in [4.78, 5) is 21.3. The van der Waals surface area contributed by atoms with E-state index in [1.807, 2.05) is 0 Å². The molecule has 0 aromatic heterocycles. The largest absolute Gasteiger partial charge is 0.471 e. The highest BCUT2D eigenvalue weighted by molar-refractivity contribution is 5.89. The van der Waals surface area contributed by atoms with Gasteiger partial charge in [0.1, 0.15) is 6.04 Å². The van der Waals surface area contributed by atoms with Gasteiger partial charge in [-0.25, -0.2) is 0 Å². The Kier molecular flexibility index (Phi) is 4.39. The van der Waals surface area contributed by atoms with E-state index < -0.39 is 24.0 Å². The van der Waals surface area contributed by atoms with E-state index in [4.69, 9.17) is 0 Å². The van der Waals surface area contributed by atoms with Crippen LogP contribution >= 0.6 is 0 Å². The van der Waals surface area contributed by atoms with Crippen molar-refractivity contribution in [2.24, 2.45) is 0 Å². The lowest BCUT2D eigenvalue weighted by Gasteiger charge is -2.14. The third-order valence-corrected chi connectivity index (χ3v) is 1.35. The van der Waals surface area contributed by atoms with E-state index >= 15 is 0 Å². The quantitative estimate of drug-likeness (QED) is 0.701. The summed E-state index contributed by atoms with van der Waals surface area (Å²) in [7, 11) is 0. The van der Waals surface area contributed by atoms with Gasteiger partial charge in [0.25, 0.3) is 0 Å². The van der Waals surface area contributed by atoms with Crippen LogP contribution in [0.1, 0.15) is 13.8 Å². The van der Waals surface area contributed by atoms with E-state index in [0.717, 1.165) is 0 Å². The highest BCUT2D eigenvalue weighted by Gasteiger charge is 2.39. The third-order valence-electron chi connectivity index (χ3n) is 1.35. The number of amides is 2. The van der Waals surface area contributed by atoms with Gasteiger partial charge in [0, 0.05) is 6.54 Å². The molecule has 0 bridgehead atoms. The SMILES string of the molecule is CCNC(=O)C(C)NC(=O)C(F)(F)F. The average Bonchev–Trinajstić information content (AvgIpc) is 2.02. The zero-order chi connectivity index (χ0) is 11.4. The molecule has 0 radical (unpaired) electrons. The Morgan fingerprint density at radius 1 is 1.36 bits per heavy atom. The lowest BCUT2D eigenvalue weighted by Crippen LogP contribution is -2.49. The molecule has 0 aromatic rings. The summed E-state index contributed by atoms with van der Waals surface area (Å²) in [5.41, 5.74) is 0. The van der Waals surface area contributed by atoms with Gasteiger partial charge in [-0.15, -0.1) is 0 Å². The summed E-state index contributed by atoms with van der Waals surface area (Å²) in [6.45, 7) is 3.09. The number of rotatable bonds is 3. The van der Waals surface area contributed by atoms with Crippen LogP contribution in [0.15, 0.2) is 0 Å². The molecule has 0 aliphatic heterocycles. The smallest absolute Gasteiger partial charge is 0.355 e. The van der Waals surface area contributed by atoms with Crippen LogP contribution in [0.2, 0.25) is 0 Å². The monoisotopic (exact) mass is 212 g/mol. The van der Waals surface area contributed by atoms with E-state index in [-0.39, 0.29) is 0 Å². The Bertz CT molecular complexity index is 227. The first kappa shape index (κ1) is 12.7. The van der Waals surface area contributed by atoms with Crippen molar-refractivity contribution in [3.8, 4) is 0 Å². The van der Waals surface area contributed by atoms with Gasteiger partial charge >= 0.3 is 12.1 Å². The topological polar surface area (TPSA) is 58.2 Å². The molecule has 2 N–H and O–H groups in total. The van der Waals surface area contributed by atoms with Gasteiger partial charge in [-0.05, 0) is 13.8 Å². The number of nitrogens with one attached hydrogen (secondary N) is 2. The fraction of sp³-hybridized carbons (Fsp3) is 0.714. The lowest BCUT2D eigenvalue weighted by atomic mass is 10.3. The van der Waals surface area contributed by atoms with Gasteiger partial charge in [-0.1, -0.05) is 0 Å². The standard InChI is InChI=1S/C7H11F3N2O2/c1-3-11-5(13)4(2)12-6(14)7(8,9)10/h4H,3H2,1-2H3,(H,11,13)(H,12,14). The van der Waals surface area contributed by atoms with Gasteiger partial charge in [0.15, 0.2) is 0 Å². The predicted octanol–water partition coefficient (Wildman–Crippen LogP) is 0.189. The molecular weight excluding hydrogens is 201 g/mol. The highest BCUT2D eigenvalue weighted by atomic mass is 19.4. The molecule has 0 aromatic carbocycles. The Morgan fingerprint density at radius 2 is 1.86 bits per heavy atom. The molecule has 0 saturated heterocycles. The fourth-order valence-corrected chi connectivity index (χ4v) is 0.671. The van der Waals surface area contributed by atoms with Gasteiger partial charge < -0.3 is 10.6 Å². The maximum absolute atomic E-state index is 11.7. The Hall–Kier alpha value is -1.27. The van der Waals surface area contributed by atoms with E-state index in [2.05, 4.69) is 5.32 Å². The number of carbonyl (C=O) groups is 2. The molecule has 0 spiro atoms. The molecule has 0 saturated carbocycles. The summed E-state index contributed by atoms with van der Waals surface area (Å²) in [5, 5.41) is 3.81. The van der Waals surface area contributed by atoms with E-state index in [9.17, 15) is 22.8 Å². The average molecular weight is 212 g/mol. The van der Waals surface area contributed by atoms with Crippen molar-refractivity contribution >= 4 is 11.8 Å². The number of halogens is 3. The van der Waals surface area contributed by atoms with Crippen molar-refractivity contribution in [3.05, 3.63) is 0 Å².